The Bertz CT molecular complexity index is 365. The van der Waals surface area contributed by atoms with Crippen molar-refractivity contribution >= 4 is 6.08 Å². The molecule has 1 unspecified atom stereocenters. The molecule has 0 heterocycles. The van der Waals surface area contributed by atoms with Crippen molar-refractivity contribution in [1.82, 2.24) is 0 Å². The van der Waals surface area contributed by atoms with E-state index < -0.39 is 0 Å². The molecule has 1 aliphatic carbocycles. The summed E-state index contributed by atoms with van der Waals surface area (Å²) in [5.74, 6) is 0. The summed E-state index contributed by atoms with van der Waals surface area (Å²) < 4.78 is 0.388. The number of benzene rings is 1. The van der Waals surface area contributed by atoms with Crippen molar-refractivity contribution in [3.05, 3.63) is 41.5 Å². The standard InChI is InChI=1S/C13H15.3FH.Zr/c1-2-3-6-11-9-10-12-7-4-5-8-13(11)12;;;;/h4-5,7-10H,2-3,6H2,1H3;3*1H;. The number of hydrogen-bond donors (Lipinski definition) is 0. The molecule has 0 aromatic heterocycles. The first-order valence-electron chi connectivity index (χ1n) is 5.30. The Labute approximate surface area is 115 Å². The Morgan fingerprint density at radius 3 is 2.41 bits per heavy atom. The van der Waals surface area contributed by atoms with Gasteiger partial charge in [0.05, 0.1) is 0 Å². The molecular weight excluding hydrogens is 304 g/mol. The second-order valence-electron chi connectivity index (χ2n) is 4.00. The first kappa shape index (κ1) is 19.0. The maximum Gasteiger partial charge on any atom is -0.269 e. The molecule has 0 nitrogen and oxygen atoms in total. The molecule has 1 aromatic rings. The van der Waals surface area contributed by atoms with Crippen LogP contribution in [0.5, 0.6) is 0 Å². The molecule has 0 fully saturated rings. The van der Waals surface area contributed by atoms with Crippen LogP contribution in [0.15, 0.2) is 30.3 Å². The van der Waals surface area contributed by atoms with Crippen molar-refractivity contribution in [2.45, 2.75) is 29.3 Å². The van der Waals surface area contributed by atoms with E-state index in [4.69, 9.17) is 0 Å². The fourth-order valence-electron chi connectivity index (χ4n) is 2.04. The van der Waals surface area contributed by atoms with Crippen LogP contribution in [0, 0.1) is 0 Å². The molecule has 95 valence electrons. The van der Waals surface area contributed by atoms with Crippen LogP contribution in [0.3, 0.4) is 0 Å². The smallest absolute Gasteiger partial charge is 0.269 e. The van der Waals surface area contributed by atoms with Crippen molar-refractivity contribution < 1.29 is 38.8 Å². The van der Waals surface area contributed by atoms with E-state index in [0.29, 0.717) is 3.12 Å². The molecule has 1 aliphatic rings. The van der Waals surface area contributed by atoms with Crippen molar-refractivity contribution in [2.75, 3.05) is 0 Å². The van der Waals surface area contributed by atoms with E-state index >= 15 is 0 Å². The summed E-state index contributed by atoms with van der Waals surface area (Å²) in [5.41, 5.74) is 2.98. The molecule has 0 aliphatic heterocycles. The molecule has 2 rings (SSSR count). The summed E-state index contributed by atoms with van der Waals surface area (Å²) in [7, 11) is 0. The maximum absolute atomic E-state index is 2.41. The zero-order valence-electron chi connectivity index (χ0n) is 9.81. The van der Waals surface area contributed by atoms with Crippen molar-refractivity contribution in [1.29, 1.82) is 0 Å². The van der Waals surface area contributed by atoms with E-state index in [1.54, 1.807) is 30.3 Å². The van der Waals surface area contributed by atoms with Gasteiger partial charge in [0.1, 0.15) is 0 Å². The van der Waals surface area contributed by atoms with Gasteiger partial charge in [0.15, 0.2) is 0 Å². The number of allylic oxidation sites excluding steroid dienone is 1. The summed E-state index contributed by atoms with van der Waals surface area (Å²) in [6, 6.07) is 8.81. The number of rotatable bonds is 3. The molecule has 0 radical (unpaired) electrons. The normalized spacial score (nSPS) is 19.5. The zero-order chi connectivity index (χ0) is 10.0. The monoisotopic (exact) mass is 321 g/mol. The molecule has 0 saturated carbocycles. The fraction of sp³-hybridized carbons (Fsp3) is 0.385. The van der Waals surface area contributed by atoms with Gasteiger partial charge in [-0.05, 0) is 0 Å². The Balaban J connectivity index is 0. The van der Waals surface area contributed by atoms with Crippen molar-refractivity contribution in [3.63, 3.8) is 0 Å². The van der Waals surface area contributed by atoms with E-state index in [1.165, 1.54) is 24.8 Å². The Morgan fingerprint density at radius 1 is 1.12 bits per heavy atom. The van der Waals surface area contributed by atoms with Gasteiger partial charge >= 0.3 is 102 Å². The second kappa shape index (κ2) is 7.86. The number of halogens is 3. The molecule has 0 saturated heterocycles. The van der Waals surface area contributed by atoms with Crippen LogP contribution in [0.1, 0.15) is 37.3 Å². The maximum atomic E-state index is 2.41. The minimum atomic E-state index is 0. The van der Waals surface area contributed by atoms with Gasteiger partial charge in [0, 0.05) is 0 Å². The zero-order valence-corrected chi connectivity index (χ0v) is 12.3. The fourth-order valence-corrected chi connectivity index (χ4v) is 3.24. The minimum Gasteiger partial charge on any atom is -0.269 e. The van der Waals surface area contributed by atoms with Gasteiger partial charge in [-0.2, -0.15) is 0 Å². The van der Waals surface area contributed by atoms with Crippen LogP contribution in [-0.2, 0) is 27.8 Å². The molecule has 1 atom stereocenters. The Morgan fingerprint density at radius 2 is 1.76 bits per heavy atom. The summed E-state index contributed by atoms with van der Waals surface area (Å²) in [6.45, 7) is 2.27. The van der Waals surface area contributed by atoms with Crippen molar-refractivity contribution in [2.24, 2.45) is 0 Å². The molecule has 0 spiro atoms. The third kappa shape index (κ3) is 3.81. The van der Waals surface area contributed by atoms with Gasteiger partial charge in [-0.3, -0.25) is 14.1 Å². The van der Waals surface area contributed by atoms with E-state index in [9.17, 15) is 0 Å². The second-order valence-corrected chi connectivity index (χ2v) is 6.19. The van der Waals surface area contributed by atoms with E-state index in [0.717, 1.165) is 0 Å². The SMILES string of the molecule is CCCC[C]1([Zr])C=Cc2ccccc21.F.F.F. The number of fused-ring (bicyclic) bond motifs is 1. The third-order valence-electron chi connectivity index (χ3n) is 2.91. The molecule has 0 amide bonds. The van der Waals surface area contributed by atoms with E-state index in [1.807, 2.05) is 0 Å². The van der Waals surface area contributed by atoms with Gasteiger partial charge in [0.2, 0.25) is 0 Å². The van der Waals surface area contributed by atoms with Gasteiger partial charge in [-0.15, -0.1) is 0 Å². The third-order valence-corrected chi connectivity index (χ3v) is 4.60. The number of unbranched alkanes of at least 4 members (excludes halogenated alkanes) is 1. The summed E-state index contributed by atoms with van der Waals surface area (Å²) in [6.07, 6.45) is 8.65. The van der Waals surface area contributed by atoms with Crippen LogP contribution in [0.2, 0.25) is 0 Å². The molecule has 0 N–H and O–H groups in total. The quantitative estimate of drug-likeness (QED) is 0.786. The average molecular weight is 323 g/mol. The van der Waals surface area contributed by atoms with Gasteiger partial charge < -0.3 is 0 Å². The molecular formula is C13H18F3Zr. The van der Waals surface area contributed by atoms with Crippen LogP contribution >= 0.6 is 0 Å². The van der Waals surface area contributed by atoms with Crippen LogP contribution in [-0.4, -0.2) is 0 Å². The topological polar surface area (TPSA) is 0 Å². The summed E-state index contributed by atoms with van der Waals surface area (Å²) in [5, 5.41) is 0. The predicted octanol–water partition coefficient (Wildman–Crippen LogP) is 4.10. The Kier molecular flexibility index (Phi) is 8.78. The number of hydrogen-bond acceptors (Lipinski definition) is 0. The molecule has 1 aromatic carbocycles. The Hall–Kier alpha value is -0.367. The molecule has 0 bridgehead atoms. The van der Waals surface area contributed by atoms with E-state index in [-0.39, 0.29) is 14.1 Å². The van der Waals surface area contributed by atoms with Gasteiger partial charge in [-0.25, -0.2) is 0 Å². The summed E-state index contributed by atoms with van der Waals surface area (Å²) >= 11 is 1.63. The van der Waals surface area contributed by atoms with Gasteiger partial charge in [-0.1, -0.05) is 0 Å². The summed E-state index contributed by atoms with van der Waals surface area (Å²) in [4.78, 5) is 0. The average Bonchev–Trinajstić information content (AvgIpc) is 2.55. The molecule has 4 heteroatoms. The van der Waals surface area contributed by atoms with Crippen LogP contribution in [0.4, 0.5) is 14.1 Å². The minimum absolute atomic E-state index is 0. The predicted molar refractivity (Wildman–Crippen MR) is 64.2 cm³/mol. The van der Waals surface area contributed by atoms with Gasteiger partial charge in [0.25, 0.3) is 0 Å². The van der Waals surface area contributed by atoms with Crippen molar-refractivity contribution in [3.8, 4) is 0 Å². The first-order chi connectivity index (χ1) is 6.76. The van der Waals surface area contributed by atoms with Crippen LogP contribution < -0.4 is 0 Å². The molecule has 17 heavy (non-hydrogen) atoms. The van der Waals surface area contributed by atoms with Crippen LogP contribution in [0.25, 0.3) is 6.08 Å². The first-order valence-corrected chi connectivity index (χ1v) is 6.53. The van der Waals surface area contributed by atoms with E-state index in [2.05, 4.69) is 43.3 Å². The largest absolute Gasteiger partial charge is 0.269 e.